The molecule has 0 N–H and O–H groups in total. The zero-order chi connectivity index (χ0) is 19.2. The van der Waals surface area contributed by atoms with Gasteiger partial charge in [0.05, 0.1) is 19.6 Å². The number of amides is 1. The highest BCUT2D eigenvalue weighted by molar-refractivity contribution is 6.30. The molecule has 1 aliphatic carbocycles. The first-order chi connectivity index (χ1) is 12.4. The van der Waals surface area contributed by atoms with Crippen molar-refractivity contribution >= 4 is 23.5 Å². The number of benzene rings is 1. The molecule has 1 aromatic rings. The molecule has 0 unspecified atom stereocenters. The van der Waals surface area contributed by atoms with Crippen LogP contribution in [0.2, 0.25) is 5.02 Å². The van der Waals surface area contributed by atoms with E-state index in [1.165, 1.54) is 12.0 Å². The molecule has 26 heavy (non-hydrogen) atoms. The minimum Gasteiger partial charge on any atom is -0.496 e. The van der Waals surface area contributed by atoms with Crippen molar-refractivity contribution in [3.05, 3.63) is 28.8 Å². The van der Waals surface area contributed by atoms with Crippen LogP contribution in [0, 0.1) is 11.3 Å². The van der Waals surface area contributed by atoms with Crippen molar-refractivity contribution in [2.24, 2.45) is 0 Å². The molecule has 6 nitrogen and oxygen atoms in total. The fraction of sp³-hybridized carbons (Fsp3) is 0.526. The number of carbonyl (C=O) groups is 2. The number of ether oxygens (including phenoxy) is 2. The van der Waals surface area contributed by atoms with Gasteiger partial charge in [0.15, 0.2) is 6.61 Å². The van der Waals surface area contributed by atoms with E-state index in [2.05, 4.69) is 6.07 Å². The number of hydrogen-bond acceptors (Lipinski definition) is 5. The topological polar surface area (TPSA) is 79.6 Å². The van der Waals surface area contributed by atoms with Gasteiger partial charge in [-0.05, 0) is 31.0 Å². The Balaban J connectivity index is 1.93. The standard InChI is InChI=1S/C19H23ClN2O4/c1-22(19(13-21)8-4-3-5-9-19)17(23)12-26-18(24)11-14-10-15(20)6-7-16(14)25-2/h6-7,10H,3-5,8-9,11-12H2,1-2H3. The summed E-state index contributed by atoms with van der Waals surface area (Å²) in [7, 11) is 3.10. The monoisotopic (exact) mass is 378 g/mol. The van der Waals surface area contributed by atoms with Crippen LogP contribution in [0.1, 0.15) is 37.7 Å². The Hall–Kier alpha value is -2.26. The number of halogens is 1. The molecule has 0 saturated heterocycles. The van der Waals surface area contributed by atoms with E-state index in [0.29, 0.717) is 29.2 Å². The molecule has 140 valence electrons. The lowest BCUT2D eigenvalue weighted by atomic mass is 9.81. The first kappa shape index (κ1) is 20.1. The fourth-order valence-corrected chi connectivity index (χ4v) is 3.42. The van der Waals surface area contributed by atoms with Crippen LogP contribution in [0.3, 0.4) is 0 Å². The molecule has 0 atom stereocenters. The summed E-state index contributed by atoms with van der Waals surface area (Å²) in [6.45, 7) is -0.387. The Morgan fingerprint density at radius 2 is 2.00 bits per heavy atom. The van der Waals surface area contributed by atoms with Crippen LogP contribution in [0.4, 0.5) is 0 Å². The van der Waals surface area contributed by atoms with E-state index in [-0.39, 0.29) is 18.9 Å². The first-order valence-corrected chi connectivity index (χ1v) is 8.95. The third kappa shape index (κ3) is 4.67. The maximum Gasteiger partial charge on any atom is 0.310 e. The van der Waals surface area contributed by atoms with Gasteiger partial charge >= 0.3 is 5.97 Å². The molecule has 1 aromatic carbocycles. The zero-order valence-corrected chi connectivity index (χ0v) is 15.8. The number of hydrogen-bond donors (Lipinski definition) is 0. The molecular weight excluding hydrogens is 356 g/mol. The van der Waals surface area contributed by atoms with Gasteiger partial charge in [0, 0.05) is 17.6 Å². The average molecular weight is 379 g/mol. The van der Waals surface area contributed by atoms with E-state index < -0.39 is 11.5 Å². The van der Waals surface area contributed by atoms with E-state index in [0.717, 1.165) is 19.3 Å². The number of esters is 1. The summed E-state index contributed by atoms with van der Waals surface area (Å²) >= 11 is 5.94. The van der Waals surface area contributed by atoms with Crippen molar-refractivity contribution in [3.63, 3.8) is 0 Å². The van der Waals surface area contributed by atoms with Crippen LogP contribution in [0.15, 0.2) is 18.2 Å². The zero-order valence-electron chi connectivity index (χ0n) is 15.1. The van der Waals surface area contributed by atoms with Crippen molar-refractivity contribution < 1.29 is 19.1 Å². The van der Waals surface area contributed by atoms with Crippen molar-refractivity contribution in [2.75, 3.05) is 20.8 Å². The fourth-order valence-electron chi connectivity index (χ4n) is 3.23. The van der Waals surface area contributed by atoms with Gasteiger partial charge in [-0.25, -0.2) is 0 Å². The molecule has 0 spiro atoms. The van der Waals surface area contributed by atoms with Gasteiger partial charge in [0.1, 0.15) is 11.3 Å². The summed E-state index contributed by atoms with van der Waals surface area (Å²) in [5, 5.41) is 10.0. The van der Waals surface area contributed by atoms with Gasteiger partial charge in [0.2, 0.25) is 0 Å². The second-order valence-electron chi connectivity index (χ2n) is 6.45. The van der Waals surface area contributed by atoms with Gasteiger partial charge in [0.25, 0.3) is 5.91 Å². The second kappa shape index (κ2) is 8.91. The number of rotatable bonds is 6. The molecule has 1 saturated carbocycles. The SMILES string of the molecule is COc1ccc(Cl)cc1CC(=O)OCC(=O)N(C)C1(C#N)CCCCC1. The minimum absolute atomic E-state index is 0.0515. The first-order valence-electron chi connectivity index (χ1n) is 8.58. The molecule has 0 aliphatic heterocycles. The summed E-state index contributed by atoms with van der Waals surface area (Å²) in [5.74, 6) is -0.401. The van der Waals surface area contributed by atoms with Gasteiger partial charge in [-0.2, -0.15) is 5.26 Å². The Morgan fingerprint density at radius 1 is 1.31 bits per heavy atom. The van der Waals surface area contributed by atoms with E-state index >= 15 is 0 Å². The molecular formula is C19H23ClN2O4. The van der Waals surface area contributed by atoms with Crippen molar-refractivity contribution in [3.8, 4) is 11.8 Å². The van der Waals surface area contributed by atoms with Gasteiger partial charge in [-0.1, -0.05) is 30.9 Å². The Bertz CT molecular complexity index is 708. The van der Waals surface area contributed by atoms with Crippen LogP contribution in [0.25, 0.3) is 0 Å². The molecule has 7 heteroatoms. The highest BCUT2D eigenvalue weighted by atomic mass is 35.5. The van der Waals surface area contributed by atoms with E-state index in [1.54, 1.807) is 25.2 Å². The highest BCUT2D eigenvalue weighted by Crippen LogP contribution is 2.32. The number of nitriles is 1. The Morgan fingerprint density at radius 3 is 2.62 bits per heavy atom. The number of nitrogens with zero attached hydrogens (tertiary/aromatic N) is 2. The van der Waals surface area contributed by atoms with Crippen molar-refractivity contribution in [2.45, 2.75) is 44.1 Å². The molecule has 0 radical (unpaired) electrons. The number of methoxy groups -OCH3 is 1. The quantitative estimate of drug-likeness (QED) is 0.710. The summed E-state index contributed by atoms with van der Waals surface area (Å²) in [4.78, 5) is 25.9. The van der Waals surface area contributed by atoms with Crippen molar-refractivity contribution in [1.29, 1.82) is 5.26 Å². The predicted octanol–water partition coefficient (Wildman–Crippen LogP) is 3.12. The third-order valence-electron chi connectivity index (χ3n) is 4.84. The molecule has 1 amide bonds. The summed E-state index contributed by atoms with van der Waals surface area (Å²) in [6, 6.07) is 7.24. The van der Waals surface area contributed by atoms with Crippen LogP contribution in [0.5, 0.6) is 5.75 Å². The highest BCUT2D eigenvalue weighted by Gasteiger charge is 2.38. The maximum absolute atomic E-state index is 12.4. The molecule has 2 rings (SSSR count). The van der Waals surface area contributed by atoms with Gasteiger partial charge in [-0.15, -0.1) is 0 Å². The molecule has 0 aromatic heterocycles. The minimum atomic E-state index is -0.794. The molecule has 0 heterocycles. The van der Waals surface area contributed by atoms with E-state index in [4.69, 9.17) is 21.1 Å². The summed E-state index contributed by atoms with van der Waals surface area (Å²) in [5.41, 5.74) is -0.204. The summed E-state index contributed by atoms with van der Waals surface area (Å²) in [6.07, 6.45) is 4.16. The lowest BCUT2D eigenvalue weighted by molar-refractivity contribution is -0.153. The lowest BCUT2D eigenvalue weighted by Crippen LogP contribution is -2.51. The molecule has 1 fully saturated rings. The lowest BCUT2D eigenvalue weighted by Gasteiger charge is -2.38. The molecule has 1 aliphatic rings. The summed E-state index contributed by atoms with van der Waals surface area (Å²) < 4.78 is 10.3. The Kier molecular flexibility index (Phi) is 6.87. The average Bonchev–Trinajstić information content (AvgIpc) is 2.66. The second-order valence-corrected chi connectivity index (χ2v) is 6.89. The number of likely N-dealkylation sites (N-methyl/N-ethyl adjacent to an activating group) is 1. The van der Waals surface area contributed by atoms with Crippen LogP contribution < -0.4 is 4.74 Å². The van der Waals surface area contributed by atoms with Crippen LogP contribution in [-0.2, 0) is 20.7 Å². The predicted molar refractivity (Wildman–Crippen MR) is 96.9 cm³/mol. The molecule has 0 bridgehead atoms. The third-order valence-corrected chi connectivity index (χ3v) is 5.07. The number of carbonyl (C=O) groups excluding carboxylic acids is 2. The van der Waals surface area contributed by atoms with Crippen LogP contribution >= 0.6 is 11.6 Å². The van der Waals surface area contributed by atoms with Crippen molar-refractivity contribution in [1.82, 2.24) is 4.90 Å². The largest absolute Gasteiger partial charge is 0.496 e. The Labute approximate surface area is 158 Å². The van der Waals surface area contributed by atoms with Gasteiger partial charge < -0.3 is 14.4 Å². The smallest absolute Gasteiger partial charge is 0.310 e. The van der Waals surface area contributed by atoms with Crippen LogP contribution in [-0.4, -0.2) is 43.1 Å². The van der Waals surface area contributed by atoms with Gasteiger partial charge in [-0.3, -0.25) is 9.59 Å². The normalized spacial score (nSPS) is 15.6. The maximum atomic E-state index is 12.4. The van der Waals surface area contributed by atoms with E-state index in [9.17, 15) is 14.9 Å². The van der Waals surface area contributed by atoms with E-state index in [1.807, 2.05) is 0 Å².